The van der Waals surface area contributed by atoms with Crippen molar-refractivity contribution in [2.75, 3.05) is 0 Å². The zero-order valence-corrected chi connectivity index (χ0v) is 9.63. The Balaban J connectivity index is 2.71. The minimum Gasteiger partial charge on any atom is -0.247 e. The summed E-state index contributed by atoms with van der Waals surface area (Å²) in [7, 11) is 0. The van der Waals surface area contributed by atoms with Gasteiger partial charge in [-0.3, -0.25) is 0 Å². The Morgan fingerprint density at radius 3 is 2.43 bits per heavy atom. The van der Waals surface area contributed by atoms with Gasteiger partial charge in [-0.2, -0.15) is 0 Å². The molecule has 0 nitrogen and oxygen atoms in total. The highest BCUT2D eigenvalue weighted by Crippen LogP contribution is 2.39. The van der Waals surface area contributed by atoms with Crippen LogP contribution in [0.15, 0.2) is 23.8 Å². The molecule has 1 rings (SSSR count). The minimum absolute atomic E-state index is 0.156. The van der Waals surface area contributed by atoms with Crippen molar-refractivity contribution in [1.29, 1.82) is 0 Å². The van der Waals surface area contributed by atoms with Gasteiger partial charge in [0.25, 0.3) is 0 Å². The first-order chi connectivity index (χ1) is 6.56. The number of hydrogen-bond acceptors (Lipinski definition) is 0. The van der Waals surface area contributed by atoms with Crippen LogP contribution in [-0.4, -0.2) is 6.17 Å². The van der Waals surface area contributed by atoms with Crippen LogP contribution in [0.3, 0.4) is 0 Å². The van der Waals surface area contributed by atoms with Crippen molar-refractivity contribution in [2.24, 2.45) is 17.8 Å². The van der Waals surface area contributed by atoms with Gasteiger partial charge >= 0.3 is 0 Å². The van der Waals surface area contributed by atoms with Gasteiger partial charge in [-0.05, 0) is 30.8 Å². The molecule has 0 aliphatic heterocycles. The highest BCUT2D eigenvalue weighted by Gasteiger charge is 2.36. The number of rotatable bonds is 3. The summed E-state index contributed by atoms with van der Waals surface area (Å²) < 4.78 is 13.2. The van der Waals surface area contributed by atoms with Crippen molar-refractivity contribution in [3.05, 3.63) is 23.8 Å². The molecule has 0 heterocycles. The molecule has 1 heteroatoms. The van der Waals surface area contributed by atoms with Gasteiger partial charge in [0.1, 0.15) is 6.17 Å². The lowest BCUT2D eigenvalue weighted by Crippen LogP contribution is -2.35. The second kappa shape index (κ2) is 4.77. The second-order valence-corrected chi connectivity index (χ2v) is 4.63. The van der Waals surface area contributed by atoms with E-state index in [0.29, 0.717) is 11.8 Å². The molecule has 0 N–H and O–H groups in total. The van der Waals surface area contributed by atoms with Crippen molar-refractivity contribution in [3.8, 4) is 0 Å². The molecule has 1 fully saturated rings. The SMILES string of the molecule is C/C=C\C(=C/C1C(C)CC1F)C(C)C. The first kappa shape index (κ1) is 11.5. The van der Waals surface area contributed by atoms with E-state index in [1.54, 1.807) is 0 Å². The maximum atomic E-state index is 13.2. The molecule has 0 aromatic heterocycles. The van der Waals surface area contributed by atoms with Crippen molar-refractivity contribution in [1.82, 2.24) is 0 Å². The molecule has 0 aromatic rings. The zero-order chi connectivity index (χ0) is 10.7. The van der Waals surface area contributed by atoms with Gasteiger partial charge in [-0.15, -0.1) is 0 Å². The third-order valence-electron chi connectivity index (χ3n) is 3.08. The molecule has 0 saturated heterocycles. The summed E-state index contributed by atoms with van der Waals surface area (Å²) >= 11 is 0. The molecule has 3 unspecified atom stereocenters. The van der Waals surface area contributed by atoms with Crippen molar-refractivity contribution in [2.45, 2.75) is 40.3 Å². The van der Waals surface area contributed by atoms with E-state index in [1.165, 1.54) is 5.57 Å². The lowest BCUT2D eigenvalue weighted by atomic mass is 9.72. The normalized spacial score (nSPS) is 33.9. The summed E-state index contributed by atoms with van der Waals surface area (Å²) in [5.74, 6) is 1.17. The fourth-order valence-electron chi connectivity index (χ4n) is 1.95. The predicted molar refractivity (Wildman–Crippen MR) is 59.9 cm³/mol. The van der Waals surface area contributed by atoms with E-state index in [2.05, 4.69) is 32.9 Å². The predicted octanol–water partition coefficient (Wildman–Crippen LogP) is 4.14. The molecule has 1 saturated carbocycles. The van der Waals surface area contributed by atoms with E-state index in [-0.39, 0.29) is 5.92 Å². The van der Waals surface area contributed by atoms with Crippen LogP contribution in [0, 0.1) is 17.8 Å². The van der Waals surface area contributed by atoms with E-state index < -0.39 is 6.17 Å². The van der Waals surface area contributed by atoms with Crippen LogP contribution >= 0.6 is 0 Å². The molecule has 0 amide bonds. The lowest BCUT2D eigenvalue weighted by Gasteiger charge is -2.36. The van der Waals surface area contributed by atoms with Crippen LogP contribution in [0.25, 0.3) is 0 Å². The third kappa shape index (κ3) is 2.46. The van der Waals surface area contributed by atoms with Crippen molar-refractivity contribution in [3.63, 3.8) is 0 Å². The monoisotopic (exact) mass is 196 g/mol. The van der Waals surface area contributed by atoms with E-state index in [0.717, 1.165) is 6.42 Å². The summed E-state index contributed by atoms with van der Waals surface area (Å²) in [6.45, 7) is 8.45. The Morgan fingerprint density at radius 1 is 1.43 bits per heavy atom. The Bertz CT molecular complexity index is 230. The first-order valence-electron chi connectivity index (χ1n) is 5.54. The van der Waals surface area contributed by atoms with Gasteiger partial charge in [0, 0.05) is 5.92 Å². The van der Waals surface area contributed by atoms with Gasteiger partial charge in [-0.25, -0.2) is 4.39 Å². The van der Waals surface area contributed by atoms with Crippen LogP contribution in [0.5, 0.6) is 0 Å². The average molecular weight is 196 g/mol. The maximum Gasteiger partial charge on any atom is 0.107 e. The van der Waals surface area contributed by atoms with Gasteiger partial charge in [0.05, 0.1) is 0 Å². The number of allylic oxidation sites excluding steroid dienone is 4. The summed E-state index contributed by atoms with van der Waals surface area (Å²) in [6.07, 6.45) is 6.39. The molecule has 0 aromatic carbocycles. The molecule has 1 aliphatic rings. The fourth-order valence-corrected chi connectivity index (χ4v) is 1.95. The molecule has 0 spiro atoms. The van der Waals surface area contributed by atoms with Crippen LogP contribution in [0.4, 0.5) is 4.39 Å². The van der Waals surface area contributed by atoms with Crippen LogP contribution in [0.1, 0.15) is 34.1 Å². The Morgan fingerprint density at radius 2 is 2.07 bits per heavy atom. The molecule has 1 aliphatic carbocycles. The number of hydrogen-bond donors (Lipinski definition) is 0. The summed E-state index contributed by atoms with van der Waals surface area (Å²) in [5.41, 5.74) is 1.27. The maximum absolute atomic E-state index is 13.2. The van der Waals surface area contributed by atoms with Gasteiger partial charge in [0.15, 0.2) is 0 Å². The average Bonchev–Trinajstić information content (AvgIpc) is 2.11. The minimum atomic E-state index is -0.607. The first-order valence-corrected chi connectivity index (χ1v) is 5.54. The molecule has 3 atom stereocenters. The quantitative estimate of drug-likeness (QED) is 0.595. The van der Waals surface area contributed by atoms with E-state index in [1.807, 2.05) is 13.0 Å². The smallest absolute Gasteiger partial charge is 0.107 e. The third-order valence-corrected chi connectivity index (χ3v) is 3.08. The molecule has 0 bridgehead atoms. The molecular formula is C13H21F. The Labute approximate surface area is 86.9 Å². The fraction of sp³-hybridized carbons (Fsp3) is 0.692. The largest absolute Gasteiger partial charge is 0.247 e. The van der Waals surface area contributed by atoms with E-state index >= 15 is 0 Å². The van der Waals surface area contributed by atoms with Gasteiger partial charge in [-0.1, -0.05) is 39.0 Å². The number of alkyl halides is 1. The summed E-state index contributed by atoms with van der Waals surface area (Å²) in [6, 6.07) is 0. The number of halogens is 1. The summed E-state index contributed by atoms with van der Waals surface area (Å²) in [4.78, 5) is 0. The van der Waals surface area contributed by atoms with Crippen molar-refractivity contribution >= 4 is 0 Å². The molecule has 14 heavy (non-hydrogen) atoms. The van der Waals surface area contributed by atoms with E-state index in [4.69, 9.17) is 0 Å². The van der Waals surface area contributed by atoms with E-state index in [9.17, 15) is 4.39 Å². The zero-order valence-electron chi connectivity index (χ0n) is 9.63. The Kier molecular flexibility index (Phi) is 3.91. The molecular weight excluding hydrogens is 175 g/mol. The van der Waals surface area contributed by atoms with Crippen LogP contribution < -0.4 is 0 Å². The standard InChI is InChI=1S/C13H21F/c1-5-6-11(9(2)3)8-12-10(4)7-13(12)14/h5-6,8-10,12-13H,7H2,1-4H3/b6-5-,11-8+. The van der Waals surface area contributed by atoms with Crippen molar-refractivity contribution < 1.29 is 4.39 Å². The van der Waals surface area contributed by atoms with Gasteiger partial charge in [0.2, 0.25) is 0 Å². The van der Waals surface area contributed by atoms with Crippen LogP contribution in [0.2, 0.25) is 0 Å². The molecule has 0 radical (unpaired) electrons. The lowest BCUT2D eigenvalue weighted by molar-refractivity contribution is 0.0796. The highest BCUT2D eigenvalue weighted by molar-refractivity contribution is 5.23. The summed E-state index contributed by atoms with van der Waals surface area (Å²) in [5, 5.41) is 0. The highest BCUT2D eigenvalue weighted by atomic mass is 19.1. The van der Waals surface area contributed by atoms with Gasteiger partial charge < -0.3 is 0 Å². The Hall–Kier alpha value is -0.590. The topological polar surface area (TPSA) is 0 Å². The van der Waals surface area contributed by atoms with Crippen LogP contribution in [-0.2, 0) is 0 Å². The second-order valence-electron chi connectivity index (χ2n) is 4.63. The molecule has 80 valence electrons.